The number of fused-ring (bicyclic) bond motifs is 1. The van der Waals surface area contributed by atoms with Crippen LogP contribution in [0.15, 0.2) is 22.7 Å². The first-order chi connectivity index (χ1) is 8.12. The van der Waals surface area contributed by atoms with Crippen LogP contribution in [0.25, 0.3) is 0 Å². The SMILES string of the molecule is CNC1CC2(CC(C)C2)Oc2cc(Br)ccc21. The largest absolute Gasteiger partial charge is 0.487 e. The van der Waals surface area contributed by atoms with E-state index in [4.69, 9.17) is 4.74 Å². The zero-order valence-corrected chi connectivity index (χ0v) is 11.9. The number of halogens is 1. The molecule has 92 valence electrons. The summed E-state index contributed by atoms with van der Waals surface area (Å²) < 4.78 is 7.36. The summed E-state index contributed by atoms with van der Waals surface area (Å²) in [4.78, 5) is 0. The third-order valence-corrected chi connectivity index (χ3v) is 4.54. The molecule has 3 rings (SSSR count). The highest BCUT2D eigenvalue weighted by molar-refractivity contribution is 9.10. The van der Waals surface area contributed by atoms with Crippen LogP contribution in [0.1, 0.15) is 37.8 Å². The predicted octanol–water partition coefficient (Wildman–Crippen LogP) is 3.66. The van der Waals surface area contributed by atoms with Crippen molar-refractivity contribution in [1.29, 1.82) is 0 Å². The minimum atomic E-state index is 0.0981. The van der Waals surface area contributed by atoms with Gasteiger partial charge < -0.3 is 10.1 Å². The number of rotatable bonds is 1. The maximum atomic E-state index is 6.27. The van der Waals surface area contributed by atoms with E-state index in [0.717, 1.165) is 22.6 Å². The fourth-order valence-electron chi connectivity index (χ4n) is 3.36. The molecule has 1 heterocycles. The molecule has 1 aromatic rings. The molecule has 0 saturated heterocycles. The Morgan fingerprint density at radius 2 is 2.12 bits per heavy atom. The first-order valence-electron chi connectivity index (χ1n) is 6.28. The first kappa shape index (κ1) is 11.5. The number of hydrogen-bond donors (Lipinski definition) is 1. The summed E-state index contributed by atoms with van der Waals surface area (Å²) in [7, 11) is 2.04. The Morgan fingerprint density at radius 1 is 1.35 bits per heavy atom. The van der Waals surface area contributed by atoms with E-state index in [2.05, 4.69) is 46.4 Å². The molecule has 1 spiro atoms. The van der Waals surface area contributed by atoms with Gasteiger partial charge in [-0.15, -0.1) is 0 Å². The summed E-state index contributed by atoms with van der Waals surface area (Å²) in [6, 6.07) is 6.78. The predicted molar refractivity (Wildman–Crippen MR) is 72.3 cm³/mol. The van der Waals surface area contributed by atoms with E-state index in [1.807, 2.05) is 7.05 Å². The molecule has 1 fully saturated rings. The van der Waals surface area contributed by atoms with Gasteiger partial charge in [0.15, 0.2) is 0 Å². The molecule has 1 atom stereocenters. The standard InChI is InChI=1S/C14H18BrNO/c1-9-6-14(7-9)8-12(16-2)11-4-3-10(15)5-13(11)17-14/h3-5,9,12,16H,6-8H2,1-2H3. The molecule has 1 N–H and O–H groups in total. The topological polar surface area (TPSA) is 21.3 Å². The lowest BCUT2D eigenvalue weighted by molar-refractivity contribution is -0.0684. The number of hydrogen-bond acceptors (Lipinski definition) is 2. The summed E-state index contributed by atoms with van der Waals surface area (Å²) in [6.45, 7) is 2.30. The van der Waals surface area contributed by atoms with E-state index >= 15 is 0 Å². The second kappa shape index (κ2) is 3.99. The van der Waals surface area contributed by atoms with Crippen LogP contribution in [0.2, 0.25) is 0 Å². The van der Waals surface area contributed by atoms with Gasteiger partial charge in [-0.1, -0.05) is 28.9 Å². The Balaban J connectivity index is 1.96. The first-order valence-corrected chi connectivity index (χ1v) is 7.07. The van der Waals surface area contributed by atoms with Crippen molar-refractivity contribution < 1.29 is 4.74 Å². The monoisotopic (exact) mass is 295 g/mol. The smallest absolute Gasteiger partial charge is 0.126 e. The van der Waals surface area contributed by atoms with Gasteiger partial charge >= 0.3 is 0 Å². The molecule has 2 aliphatic rings. The van der Waals surface area contributed by atoms with Crippen LogP contribution < -0.4 is 10.1 Å². The molecular weight excluding hydrogens is 278 g/mol. The van der Waals surface area contributed by atoms with Gasteiger partial charge in [-0.3, -0.25) is 0 Å². The Kier molecular flexibility index (Phi) is 2.71. The van der Waals surface area contributed by atoms with Crippen molar-refractivity contribution in [2.24, 2.45) is 5.92 Å². The second-order valence-corrected chi connectivity index (χ2v) is 6.44. The molecule has 1 saturated carbocycles. The Hall–Kier alpha value is -0.540. The van der Waals surface area contributed by atoms with Crippen molar-refractivity contribution in [2.75, 3.05) is 7.05 Å². The Bertz CT molecular complexity index is 440. The van der Waals surface area contributed by atoms with E-state index in [1.54, 1.807) is 0 Å². The highest BCUT2D eigenvalue weighted by Gasteiger charge is 2.48. The number of ether oxygens (including phenoxy) is 1. The highest BCUT2D eigenvalue weighted by Crippen LogP contribution is 2.51. The molecular formula is C14H18BrNO. The molecule has 2 nitrogen and oxygen atoms in total. The summed E-state index contributed by atoms with van der Waals surface area (Å²) in [5.41, 5.74) is 1.39. The molecule has 1 aliphatic heterocycles. The lowest BCUT2D eigenvalue weighted by Crippen LogP contribution is -2.52. The van der Waals surface area contributed by atoms with Gasteiger partial charge in [-0.2, -0.15) is 0 Å². The zero-order chi connectivity index (χ0) is 12.0. The Labute approximate surface area is 111 Å². The summed E-state index contributed by atoms with van der Waals surface area (Å²) in [5, 5.41) is 3.42. The summed E-state index contributed by atoms with van der Waals surface area (Å²) in [5.74, 6) is 1.86. The molecule has 0 amide bonds. The van der Waals surface area contributed by atoms with Crippen LogP contribution >= 0.6 is 15.9 Å². The van der Waals surface area contributed by atoms with Crippen LogP contribution in [-0.2, 0) is 0 Å². The molecule has 0 aromatic heterocycles. The maximum absolute atomic E-state index is 6.27. The molecule has 1 unspecified atom stereocenters. The maximum Gasteiger partial charge on any atom is 0.126 e. The van der Waals surface area contributed by atoms with Crippen molar-refractivity contribution in [3.63, 3.8) is 0 Å². The fourth-order valence-corrected chi connectivity index (χ4v) is 3.70. The van der Waals surface area contributed by atoms with Crippen LogP contribution in [0.3, 0.4) is 0 Å². The summed E-state index contributed by atoms with van der Waals surface area (Å²) >= 11 is 3.52. The van der Waals surface area contributed by atoms with Crippen LogP contribution in [0, 0.1) is 5.92 Å². The lowest BCUT2D eigenvalue weighted by atomic mass is 9.67. The molecule has 1 aromatic carbocycles. The van der Waals surface area contributed by atoms with Crippen LogP contribution in [-0.4, -0.2) is 12.6 Å². The third-order valence-electron chi connectivity index (χ3n) is 4.04. The summed E-state index contributed by atoms with van der Waals surface area (Å²) in [6.07, 6.45) is 3.48. The molecule has 0 bridgehead atoms. The van der Waals surface area contributed by atoms with Crippen LogP contribution in [0.4, 0.5) is 0 Å². The molecule has 3 heteroatoms. The number of benzene rings is 1. The minimum absolute atomic E-state index is 0.0981. The molecule has 0 radical (unpaired) electrons. The van der Waals surface area contributed by atoms with Gasteiger partial charge in [0.05, 0.1) is 0 Å². The fraction of sp³-hybridized carbons (Fsp3) is 0.571. The average Bonchev–Trinajstić information content (AvgIpc) is 2.25. The van der Waals surface area contributed by atoms with Crippen molar-refractivity contribution in [3.8, 4) is 5.75 Å². The lowest BCUT2D eigenvalue weighted by Gasteiger charge is -2.51. The van der Waals surface area contributed by atoms with E-state index < -0.39 is 0 Å². The van der Waals surface area contributed by atoms with E-state index in [0.29, 0.717) is 6.04 Å². The van der Waals surface area contributed by atoms with E-state index in [-0.39, 0.29) is 5.60 Å². The van der Waals surface area contributed by atoms with Crippen molar-refractivity contribution in [2.45, 2.75) is 37.8 Å². The number of nitrogens with one attached hydrogen (secondary N) is 1. The second-order valence-electron chi connectivity index (χ2n) is 5.53. The van der Waals surface area contributed by atoms with Gasteiger partial charge in [0.25, 0.3) is 0 Å². The highest BCUT2D eigenvalue weighted by atomic mass is 79.9. The molecule has 1 aliphatic carbocycles. The minimum Gasteiger partial charge on any atom is -0.487 e. The van der Waals surface area contributed by atoms with Crippen LogP contribution in [0.5, 0.6) is 5.75 Å². The van der Waals surface area contributed by atoms with Gasteiger partial charge in [0, 0.05) is 22.5 Å². The Morgan fingerprint density at radius 3 is 2.76 bits per heavy atom. The van der Waals surface area contributed by atoms with Gasteiger partial charge in [-0.25, -0.2) is 0 Å². The average molecular weight is 296 g/mol. The zero-order valence-electron chi connectivity index (χ0n) is 10.3. The normalized spacial score (nSPS) is 35.0. The van der Waals surface area contributed by atoms with E-state index in [1.165, 1.54) is 18.4 Å². The molecule has 17 heavy (non-hydrogen) atoms. The van der Waals surface area contributed by atoms with E-state index in [9.17, 15) is 0 Å². The van der Waals surface area contributed by atoms with Gasteiger partial charge in [0.1, 0.15) is 11.4 Å². The van der Waals surface area contributed by atoms with Gasteiger partial charge in [0.2, 0.25) is 0 Å². The van der Waals surface area contributed by atoms with Gasteiger partial charge in [-0.05, 0) is 37.9 Å². The van der Waals surface area contributed by atoms with Crippen molar-refractivity contribution in [1.82, 2.24) is 5.32 Å². The third kappa shape index (κ3) is 1.89. The van der Waals surface area contributed by atoms with Crippen molar-refractivity contribution in [3.05, 3.63) is 28.2 Å². The quantitative estimate of drug-likeness (QED) is 0.854. The van der Waals surface area contributed by atoms with Crippen molar-refractivity contribution >= 4 is 15.9 Å².